The highest BCUT2D eigenvalue weighted by Crippen LogP contribution is 2.18. The molecule has 0 atom stereocenters. The summed E-state index contributed by atoms with van der Waals surface area (Å²) in [5.74, 6) is -0.421. The molecular formula is C17H15F2NO3. The lowest BCUT2D eigenvalue weighted by molar-refractivity contribution is -0.116. The maximum absolute atomic E-state index is 12.0. The molecule has 0 aliphatic heterocycles. The van der Waals surface area contributed by atoms with Crippen molar-refractivity contribution in [3.63, 3.8) is 0 Å². The Morgan fingerprint density at radius 2 is 1.61 bits per heavy atom. The van der Waals surface area contributed by atoms with Gasteiger partial charge in [0.1, 0.15) is 5.75 Å². The highest BCUT2D eigenvalue weighted by atomic mass is 19.3. The highest BCUT2D eigenvalue weighted by molar-refractivity contribution is 5.99. The number of alkyl halides is 2. The van der Waals surface area contributed by atoms with E-state index in [1.165, 1.54) is 24.3 Å². The van der Waals surface area contributed by atoms with E-state index in [9.17, 15) is 18.4 Å². The summed E-state index contributed by atoms with van der Waals surface area (Å²) in [4.78, 5) is 23.7. The van der Waals surface area contributed by atoms with Crippen molar-refractivity contribution < 1.29 is 23.1 Å². The molecule has 6 heteroatoms. The molecule has 1 amide bonds. The number of nitrogens with one attached hydrogen (secondary N) is 1. The molecule has 0 aromatic heterocycles. The predicted octanol–water partition coefficient (Wildman–Crippen LogP) is 3.89. The third kappa shape index (κ3) is 5.50. The molecule has 4 nitrogen and oxygen atoms in total. The number of hydrogen-bond donors (Lipinski definition) is 1. The van der Waals surface area contributed by atoms with E-state index < -0.39 is 6.61 Å². The topological polar surface area (TPSA) is 55.4 Å². The van der Waals surface area contributed by atoms with Gasteiger partial charge >= 0.3 is 6.61 Å². The van der Waals surface area contributed by atoms with Crippen molar-refractivity contribution in [1.29, 1.82) is 0 Å². The van der Waals surface area contributed by atoms with Gasteiger partial charge in [-0.2, -0.15) is 8.78 Å². The minimum absolute atomic E-state index is 0.0113. The van der Waals surface area contributed by atoms with Gasteiger partial charge in [-0.3, -0.25) is 9.59 Å². The van der Waals surface area contributed by atoms with Gasteiger partial charge in [-0.1, -0.05) is 30.3 Å². The Balaban J connectivity index is 1.81. The van der Waals surface area contributed by atoms with Crippen LogP contribution in [0.4, 0.5) is 14.5 Å². The number of rotatable bonds is 7. The van der Waals surface area contributed by atoms with Crippen molar-refractivity contribution in [2.75, 3.05) is 5.32 Å². The summed E-state index contributed by atoms with van der Waals surface area (Å²) in [6, 6.07) is 14.3. The standard InChI is InChI=1S/C17H15F2NO3/c18-17(19)23-14-8-6-13(7-9-14)20-16(22)11-10-15(21)12-4-2-1-3-5-12/h1-9,17H,10-11H2,(H,20,22). The third-order valence-corrected chi connectivity index (χ3v) is 3.04. The third-order valence-electron chi connectivity index (χ3n) is 3.04. The number of amides is 1. The van der Waals surface area contributed by atoms with Crippen molar-refractivity contribution >= 4 is 17.4 Å². The van der Waals surface area contributed by atoms with Crippen LogP contribution in [0.1, 0.15) is 23.2 Å². The van der Waals surface area contributed by atoms with Crippen molar-refractivity contribution in [1.82, 2.24) is 0 Å². The van der Waals surface area contributed by atoms with E-state index in [2.05, 4.69) is 10.1 Å². The van der Waals surface area contributed by atoms with Gasteiger partial charge in [0.05, 0.1) is 0 Å². The van der Waals surface area contributed by atoms with Crippen LogP contribution in [-0.2, 0) is 4.79 Å². The summed E-state index contributed by atoms with van der Waals surface area (Å²) in [6.07, 6.45) is 0.144. The normalized spacial score (nSPS) is 10.4. The number of carbonyl (C=O) groups excluding carboxylic acids is 2. The van der Waals surface area contributed by atoms with Gasteiger partial charge in [-0.25, -0.2) is 0 Å². The number of ketones is 1. The first-order chi connectivity index (χ1) is 11.0. The average molecular weight is 319 g/mol. The lowest BCUT2D eigenvalue weighted by atomic mass is 10.1. The second kappa shape index (κ2) is 8.03. The summed E-state index contributed by atoms with van der Waals surface area (Å²) in [5.41, 5.74) is 1.01. The van der Waals surface area contributed by atoms with Crippen LogP contribution in [0.3, 0.4) is 0 Å². The maximum atomic E-state index is 12.0. The molecule has 23 heavy (non-hydrogen) atoms. The zero-order valence-electron chi connectivity index (χ0n) is 12.2. The van der Waals surface area contributed by atoms with Gasteiger partial charge in [0.15, 0.2) is 5.78 Å². The predicted molar refractivity (Wildman–Crippen MR) is 81.7 cm³/mol. The fourth-order valence-corrected chi connectivity index (χ4v) is 1.94. The number of Topliss-reactive ketones (excluding diaryl/α,β-unsaturated/α-hetero) is 1. The van der Waals surface area contributed by atoms with Crippen LogP contribution in [-0.4, -0.2) is 18.3 Å². The fourth-order valence-electron chi connectivity index (χ4n) is 1.94. The lowest BCUT2D eigenvalue weighted by Crippen LogP contribution is -2.13. The number of halogens is 2. The Kier molecular flexibility index (Phi) is 5.80. The monoisotopic (exact) mass is 319 g/mol. The first-order valence-corrected chi connectivity index (χ1v) is 6.97. The molecule has 0 unspecified atom stereocenters. The maximum Gasteiger partial charge on any atom is 0.387 e. The minimum Gasteiger partial charge on any atom is -0.435 e. The van der Waals surface area contributed by atoms with E-state index >= 15 is 0 Å². The van der Waals surface area contributed by atoms with Gasteiger partial charge in [0.2, 0.25) is 5.91 Å². The second-order valence-corrected chi connectivity index (χ2v) is 4.74. The van der Waals surface area contributed by atoms with Crippen LogP contribution in [0, 0.1) is 0 Å². The largest absolute Gasteiger partial charge is 0.435 e. The number of benzene rings is 2. The van der Waals surface area contributed by atoms with Crippen molar-refractivity contribution in [2.45, 2.75) is 19.5 Å². The molecule has 0 saturated heterocycles. The molecule has 0 heterocycles. The minimum atomic E-state index is -2.89. The molecule has 0 radical (unpaired) electrons. The quantitative estimate of drug-likeness (QED) is 0.788. The molecule has 2 aromatic carbocycles. The Labute approximate surface area is 132 Å². The van der Waals surface area contributed by atoms with E-state index in [0.29, 0.717) is 11.3 Å². The van der Waals surface area contributed by atoms with Crippen LogP contribution in [0.25, 0.3) is 0 Å². The molecule has 2 aromatic rings. The molecule has 0 aliphatic carbocycles. The summed E-state index contributed by atoms with van der Waals surface area (Å²) >= 11 is 0. The van der Waals surface area contributed by atoms with Crippen molar-refractivity contribution in [3.8, 4) is 5.75 Å². The Hall–Kier alpha value is -2.76. The molecule has 2 rings (SSSR count). The van der Waals surface area contributed by atoms with E-state index in [1.807, 2.05) is 6.07 Å². The summed E-state index contributed by atoms with van der Waals surface area (Å²) in [7, 11) is 0. The molecule has 120 valence electrons. The van der Waals surface area contributed by atoms with Gasteiger partial charge < -0.3 is 10.1 Å². The average Bonchev–Trinajstić information content (AvgIpc) is 2.55. The van der Waals surface area contributed by atoms with E-state index in [0.717, 1.165) is 0 Å². The zero-order chi connectivity index (χ0) is 16.7. The van der Waals surface area contributed by atoms with Crippen LogP contribution in [0.5, 0.6) is 5.75 Å². The zero-order valence-corrected chi connectivity index (χ0v) is 12.2. The summed E-state index contributed by atoms with van der Waals surface area (Å²) in [6.45, 7) is -2.89. The molecule has 0 bridgehead atoms. The Bertz CT molecular complexity index is 657. The van der Waals surface area contributed by atoms with Crippen molar-refractivity contribution in [3.05, 3.63) is 60.2 Å². The molecule has 1 N–H and O–H groups in total. The number of hydrogen-bond acceptors (Lipinski definition) is 3. The molecule has 0 aliphatic rings. The molecule has 0 fully saturated rings. The first kappa shape index (κ1) is 16.6. The van der Waals surface area contributed by atoms with Gasteiger partial charge in [0.25, 0.3) is 0 Å². The molecule has 0 saturated carbocycles. The van der Waals surface area contributed by atoms with Crippen LogP contribution in [0.2, 0.25) is 0 Å². The van der Waals surface area contributed by atoms with Crippen LogP contribution >= 0.6 is 0 Å². The van der Waals surface area contributed by atoms with Crippen LogP contribution in [0.15, 0.2) is 54.6 Å². The van der Waals surface area contributed by atoms with Gasteiger partial charge in [0, 0.05) is 24.1 Å². The highest BCUT2D eigenvalue weighted by Gasteiger charge is 2.09. The van der Waals surface area contributed by atoms with E-state index in [-0.39, 0.29) is 30.3 Å². The molecular weight excluding hydrogens is 304 g/mol. The SMILES string of the molecule is O=C(CCC(=O)c1ccccc1)Nc1ccc(OC(F)F)cc1. The summed E-state index contributed by atoms with van der Waals surface area (Å²) < 4.78 is 28.3. The van der Waals surface area contributed by atoms with Gasteiger partial charge in [-0.05, 0) is 24.3 Å². The number of anilines is 1. The second-order valence-electron chi connectivity index (χ2n) is 4.74. The van der Waals surface area contributed by atoms with E-state index in [1.54, 1.807) is 24.3 Å². The van der Waals surface area contributed by atoms with E-state index in [4.69, 9.17) is 0 Å². The Morgan fingerprint density at radius 1 is 0.957 bits per heavy atom. The summed E-state index contributed by atoms with van der Waals surface area (Å²) in [5, 5.41) is 2.60. The lowest BCUT2D eigenvalue weighted by Gasteiger charge is -2.07. The smallest absolute Gasteiger partial charge is 0.387 e. The van der Waals surface area contributed by atoms with Crippen LogP contribution < -0.4 is 10.1 Å². The first-order valence-electron chi connectivity index (χ1n) is 6.97. The number of ether oxygens (including phenoxy) is 1. The Morgan fingerprint density at radius 3 is 2.22 bits per heavy atom. The molecule has 0 spiro atoms. The fraction of sp³-hybridized carbons (Fsp3) is 0.176. The number of carbonyl (C=O) groups is 2. The van der Waals surface area contributed by atoms with Crippen molar-refractivity contribution in [2.24, 2.45) is 0 Å². The van der Waals surface area contributed by atoms with Gasteiger partial charge in [-0.15, -0.1) is 0 Å².